The fourth-order valence-electron chi connectivity index (χ4n) is 2.84. The number of aryl methyl sites for hydroxylation is 1. The summed E-state index contributed by atoms with van der Waals surface area (Å²) in [5.74, 6) is 1.62. The smallest absolute Gasteiger partial charge is 0.153 e. The van der Waals surface area contributed by atoms with Crippen LogP contribution in [0.2, 0.25) is 0 Å². The molecule has 0 aliphatic carbocycles. The molecule has 0 spiro atoms. The number of aldehydes is 1. The Kier molecular flexibility index (Phi) is 3.43. The average Bonchev–Trinajstić information content (AvgIpc) is 2.46. The first kappa shape index (κ1) is 13.1. The van der Waals surface area contributed by atoms with Crippen molar-refractivity contribution in [1.29, 1.82) is 0 Å². The molecule has 0 N–H and O–H groups in total. The standard InChI is InChI=1S/C17H20N2O/c1-12-5-7-19(8-6-12)17-15(11-20)10-14-4-3-13(2)9-16(14)18-17/h3-4,9-12H,5-8H2,1-2H3. The summed E-state index contributed by atoms with van der Waals surface area (Å²) in [6.07, 6.45) is 3.28. The Morgan fingerprint density at radius 3 is 2.70 bits per heavy atom. The highest BCUT2D eigenvalue weighted by molar-refractivity contribution is 5.92. The first-order chi connectivity index (χ1) is 9.67. The monoisotopic (exact) mass is 268 g/mol. The van der Waals surface area contributed by atoms with Gasteiger partial charge in [0.15, 0.2) is 6.29 Å². The molecule has 3 rings (SSSR count). The van der Waals surface area contributed by atoms with Crippen LogP contribution in [0.5, 0.6) is 0 Å². The molecule has 1 saturated heterocycles. The maximum absolute atomic E-state index is 11.4. The van der Waals surface area contributed by atoms with E-state index in [4.69, 9.17) is 4.98 Å². The van der Waals surface area contributed by atoms with Crippen molar-refractivity contribution in [1.82, 2.24) is 4.98 Å². The third-order valence-corrected chi connectivity index (χ3v) is 4.19. The molecule has 0 radical (unpaired) electrons. The number of benzene rings is 1. The molecule has 1 aliphatic heterocycles. The Balaban J connectivity index is 2.06. The molecule has 2 heterocycles. The topological polar surface area (TPSA) is 33.2 Å². The van der Waals surface area contributed by atoms with Crippen LogP contribution in [0.4, 0.5) is 5.82 Å². The van der Waals surface area contributed by atoms with E-state index in [1.54, 1.807) is 0 Å². The van der Waals surface area contributed by atoms with E-state index in [0.717, 1.165) is 42.0 Å². The van der Waals surface area contributed by atoms with Crippen LogP contribution >= 0.6 is 0 Å². The van der Waals surface area contributed by atoms with Crippen molar-refractivity contribution >= 4 is 23.0 Å². The van der Waals surface area contributed by atoms with Crippen LogP contribution in [0, 0.1) is 12.8 Å². The third-order valence-electron chi connectivity index (χ3n) is 4.19. The second-order valence-electron chi connectivity index (χ2n) is 5.88. The summed E-state index contributed by atoms with van der Waals surface area (Å²) in [6, 6.07) is 8.13. The van der Waals surface area contributed by atoms with Crippen molar-refractivity contribution < 1.29 is 4.79 Å². The van der Waals surface area contributed by atoms with E-state index >= 15 is 0 Å². The number of aromatic nitrogens is 1. The summed E-state index contributed by atoms with van der Waals surface area (Å²) < 4.78 is 0. The predicted octanol–water partition coefficient (Wildman–Crippen LogP) is 3.59. The SMILES string of the molecule is Cc1ccc2cc(C=O)c(N3CCC(C)CC3)nc2c1. The van der Waals surface area contributed by atoms with Crippen LogP contribution in [0.15, 0.2) is 24.3 Å². The van der Waals surface area contributed by atoms with E-state index in [1.807, 2.05) is 12.1 Å². The highest BCUT2D eigenvalue weighted by atomic mass is 16.1. The van der Waals surface area contributed by atoms with Crippen molar-refractivity contribution in [3.8, 4) is 0 Å². The van der Waals surface area contributed by atoms with Gasteiger partial charge in [-0.05, 0) is 43.4 Å². The number of rotatable bonds is 2. The number of hydrogen-bond acceptors (Lipinski definition) is 3. The summed E-state index contributed by atoms with van der Waals surface area (Å²) >= 11 is 0. The molecular formula is C17H20N2O. The highest BCUT2D eigenvalue weighted by Gasteiger charge is 2.20. The zero-order valence-corrected chi connectivity index (χ0v) is 12.1. The molecule has 0 saturated carbocycles. The van der Waals surface area contributed by atoms with Crippen LogP contribution in [-0.2, 0) is 0 Å². The molecule has 1 fully saturated rings. The fraction of sp³-hybridized carbons (Fsp3) is 0.412. The van der Waals surface area contributed by atoms with Gasteiger partial charge < -0.3 is 4.90 Å². The quantitative estimate of drug-likeness (QED) is 0.780. The van der Waals surface area contributed by atoms with E-state index in [1.165, 1.54) is 18.4 Å². The maximum Gasteiger partial charge on any atom is 0.153 e. The fourth-order valence-corrected chi connectivity index (χ4v) is 2.84. The molecule has 1 aromatic carbocycles. The average molecular weight is 268 g/mol. The largest absolute Gasteiger partial charge is 0.356 e. The van der Waals surface area contributed by atoms with Gasteiger partial charge in [0.25, 0.3) is 0 Å². The van der Waals surface area contributed by atoms with Crippen LogP contribution < -0.4 is 4.90 Å². The van der Waals surface area contributed by atoms with Crippen molar-refractivity contribution in [3.05, 3.63) is 35.4 Å². The third kappa shape index (κ3) is 2.40. The maximum atomic E-state index is 11.4. The van der Waals surface area contributed by atoms with E-state index in [2.05, 4.69) is 30.9 Å². The molecule has 3 nitrogen and oxygen atoms in total. The molecule has 1 aromatic heterocycles. The van der Waals surface area contributed by atoms with Gasteiger partial charge in [-0.15, -0.1) is 0 Å². The lowest BCUT2D eigenvalue weighted by Crippen LogP contribution is -2.34. The molecule has 2 aromatic rings. The van der Waals surface area contributed by atoms with Gasteiger partial charge in [0.1, 0.15) is 5.82 Å². The summed E-state index contributed by atoms with van der Waals surface area (Å²) in [5, 5.41) is 1.03. The number of fused-ring (bicyclic) bond motifs is 1. The second kappa shape index (κ2) is 5.23. The van der Waals surface area contributed by atoms with Crippen molar-refractivity contribution in [3.63, 3.8) is 0 Å². The predicted molar refractivity (Wildman–Crippen MR) is 82.5 cm³/mol. The van der Waals surface area contributed by atoms with Gasteiger partial charge in [-0.3, -0.25) is 4.79 Å². The Bertz CT molecular complexity index is 643. The molecule has 3 heteroatoms. The number of carbonyl (C=O) groups excluding carboxylic acids is 1. The van der Waals surface area contributed by atoms with Gasteiger partial charge in [0, 0.05) is 18.5 Å². The van der Waals surface area contributed by atoms with Crippen LogP contribution in [-0.4, -0.2) is 24.4 Å². The number of piperidine rings is 1. The zero-order valence-electron chi connectivity index (χ0n) is 12.1. The second-order valence-corrected chi connectivity index (χ2v) is 5.88. The molecule has 0 unspecified atom stereocenters. The van der Waals surface area contributed by atoms with Crippen LogP contribution in [0.25, 0.3) is 10.9 Å². The van der Waals surface area contributed by atoms with Gasteiger partial charge in [0.05, 0.1) is 11.1 Å². The summed E-state index contributed by atoms with van der Waals surface area (Å²) in [7, 11) is 0. The minimum absolute atomic E-state index is 0.705. The van der Waals surface area contributed by atoms with E-state index < -0.39 is 0 Å². The van der Waals surface area contributed by atoms with Gasteiger partial charge in [0.2, 0.25) is 0 Å². The number of carbonyl (C=O) groups is 1. The Labute approximate surface area is 119 Å². The summed E-state index contributed by atoms with van der Waals surface area (Å²) in [4.78, 5) is 18.4. The van der Waals surface area contributed by atoms with Crippen LogP contribution in [0.3, 0.4) is 0 Å². The number of nitrogens with zero attached hydrogens (tertiary/aromatic N) is 2. The minimum Gasteiger partial charge on any atom is -0.356 e. The number of hydrogen-bond donors (Lipinski definition) is 0. The molecule has 0 bridgehead atoms. The lowest BCUT2D eigenvalue weighted by atomic mass is 9.99. The van der Waals surface area contributed by atoms with Gasteiger partial charge >= 0.3 is 0 Å². The molecule has 0 amide bonds. The van der Waals surface area contributed by atoms with E-state index in [-0.39, 0.29) is 0 Å². The molecule has 20 heavy (non-hydrogen) atoms. The van der Waals surface area contributed by atoms with Gasteiger partial charge in [-0.25, -0.2) is 4.98 Å². The van der Waals surface area contributed by atoms with Crippen molar-refractivity contribution in [2.75, 3.05) is 18.0 Å². The molecular weight excluding hydrogens is 248 g/mol. The molecule has 1 aliphatic rings. The van der Waals surface area contributed by atoms with E-state index in [9.17, 15) is 4.79 Å². The number of anilines is 1. The number of pyridine rings is 1. The first-order valence-corrected chi connectivity index (χ1v) is 7.29. The van der Waals surface area contributed by atoms with Crippen molar-refractivity contribution in [2.24, 2.45) is 5.92 Å². The Morgan fingerprint density at radius 2 is 2.00 bits per heavy atom. The van der Waals surface area contributed by atoms with Gasteiger partial charge in [-0.2, -0.15) is 0 Å². The lowest BCUT2D eigenvalue weighted by Gasteiger charge is -2.32. The molecule has 104 valence electrons. The van der Waals surface area contributed by atoms with Crippen LogP contribution in [0.1, 0.15) is 35.7 Å². The lowest BCUT2D eigenvalue weighted by molar-refractivity contribution is 0.112. The van der Waals surface area contributed by atoms with Gasteiger partial charge in [-0.1, -0.05) is 19.1 Å². The summed E-state index contributed by atoms with van der Waals surface area (Å²) in [5.41, 5.74) is 2.88. The van der Waals surface area contributed by atoms with E-state index in [0.29, 0.717) is 5.56 Å². The minimum atomic E-state index is 0.705. The molecule has 0 atom stereocenters. The zero-order chi connectivity index (χ0) is 14.1. The Morgan fingerprint density at radius 1 is 1.25 bits per heavy atom. The highest BCUT2D eigenvalue weighted by Crippen LogP contribution is 2.27. The first-order valence-electron chi connectivity index (χ1n) is 7.29. The van der Waals surface area contributed by atoms with Crippen molar-refractivity contribution in [2.45, 2.75) is 26.7 Å². The summed E-state index contributed by atoms with van der Waals surface area (Å²) in [6.45, 7) is 6.34. The Hall–Kier alpha value is -1.90. The normalized spacial score (nSPS) is 16.6.